The standard InChI is InChI=1S/C19H22N4O5/c1-10-17(25)23-14(18(26)21-10)8-16(24)22-15(19(27)28-2)7-11-9-20-13-6-4-3-5-12(11)13/h3-6,9-10,14-15,20H,7-8H2,1-2H3,(H,21,26)(H,22,24)(H,23,25)/t10-,14-,15+/m1/s1. The summed E-state index contributed by atoms with van der Waals surface area (Å²) in [6, 6.07) is 5.07. The van der Waals surface area contributed by atoms with E-state index in [0.717, 1.165) is 16.5 Å². The summed E-state index contributed by atoms with van der Waals surface area (Å²) < 4.78 is 4.80. The first-order chi connectivity index (χ1) is 13.4. The van der Waals surface area contributed by atoms with Gasteiger partial charge in [0.2, 0.25) is 17.7 Å². The van der Waals surface area contributed by atoms with E-state index in [2.05, 4.69) is 20.9 Å². The van der Waals surface area contributed by atoms with Crippen LogP contribution in [0.2, 0.25) is 0 Å². The van der Waals surface area contributed by atoms with Gasteiger partial charge in [0, 0.05) is 23.5 Å². The SMILES string of the molecule is COC(=O)[C@H](Cc1c[nH]c2ccccc12)NC(=O)C[C@H]1NC(=O)[C@@H](C)NC1=O. The van der Waals surface area contributed by atoms with Gasteiger partial charge in [-0.25, -0.2) is 4.79 Å². The number of para-hydroxylation sites is 1. The number of rotatable bonds is 6. The number of methoxy groups -OCH3 is 1. The summed E-state index contributed by atoms with van der Waals surface area (Å²) in [4.78, 5) is 51.4. The fourth-order valence-corrected chi connectivity index (χ4v) is 3.18. The Morgan fingerprint density at radius 3 is 2.68 bits per heavy atom. The summed E-state index contributed by atoms with van der Waals surface area (Å²) in [6.45, 7) is 1.55. The first-order valence-corrected chi connectivity index (χ1v) is 8.92. The number of aromatic amines is 1. The smallest absolute Gasteiger partial charge is 0.328 e. The summed E-state index contributed by atoms with van der Waals surface area (Å²) >= 11 is 0. The molecule has 9 heteroatoms. The van der Waals surface area contributed by atoms with Crippen molar-refractivity contribution in [3.63, 3.8) is 0 Å². The lowest BCUT2D eigenvalue weighted by Gasteiger charge is -2.27. The number of carbonyl (C=O) groups is 4. The van der Waals surface area contributed by atoms with Gasteiger partial charge in [-0.3, -0.25) is 14.4 Å². The lowest BCUT2D eigenvalue weighted by molar-refractivity contribution is -0.145. The van der Waals surface area contributed by atoms with Crippen molar-refractivity contribution in [1.82, 2.24) is 20.9 Å². The molecule has 0 saturated carbocycles. The van der Waals surface area contributed by atoms with E-state index >= 15 is 0 Å². The maximum atomic E-state index is 12.4. The molecule has 2 aromatic rings. The van der Waals surface area contributed by atoms with Gasteiger partial charge in [-0.15, -0.1) is 0 Å². The number of H-pyrrole nitrogens is 1. The second-order valence-electron chi connectivity index (χ2n) is 6.70. The van der Waals surface area contributed by atoms with Gasteiger partial charge in [0.15, 0.2) is 0 Å². The highest BCUT2D eigenvalue weighted by molar-refractivity contribution is 5.99. The Labute approximate surface area is 161 Å². The Morgan fingerprint density at radius 2 is 1.93 bits per heavy atom. The monoisotopic (exact) mass is 386 g/mol. The number of ether oxygens (including phenoxy) is 1. The minimum Gasteiger partial charge on any atom is -0.467 e. The van der Waals surface area contributed by atoms with Crippen molar-refractivity contribution in [3.8, 4) is 0 Å². The van der Waals surface area contributed by atoms with Crippen molar-refractivity contribution in [1.29, 1.82) is 0 Å². The number of fused-ring (bicyclic) bond motifs is 1. The quantitative estimate of drug-likeness (QED) is 0.509. The van der Waals surface area contributed by atoms with Gasteiger partial charge >= 0.3 is 5.97 Å². The highest BCUT2D eigenvalue weighted by Crippen LogP contribution is 2.19. The van der Waals surface area contributed by atoms with Gasteiger partial charge in [-0.05, 0) is 18.6 Å². The topological polar surface area (TPSA) is 129 Å². The molecule has 3 amide bonds. The average Bonchev–Trinajstić information content (AvgIpc) is 3.08. The normalized spacial score (nSPS) is 20.2. The van der Waals surface area contributed by atoms with Crippen molar-refractivity contribution < 1.29 is 23.9 Å². The third-order valence-electron chi connectivity index (χ3n) is 4.69. The molecule has 0 unspecified atom stereocenters. The third kappa shape index (κ3) is 4.13. The fraction of sp³-hybridized carbons (Fsp3) is 0.368. The largest absolute Gasteiger partial charge is 0.467 e. The molecule has 1 aromatic carbocycles. The average molecular weight is 386 g/mol. The van der Waals surface area contributed by atoms with Crippen LogP contribution in [-0.4, -0.2) is 53.9 Å². The van der Waals surface area contributed by atoms with E-state index < -0.39 is 35.9 Å². The van der Waals surface area contributed by atoms with E-state index in [-0.39, 0.29) is 18.7 Å². The highest BCUT2D eigenvalue weighted by atomic mass is 16.5. The van der Waals surface area contributed by atoms with Gasteiger partial charge in [0.1, 0.15) is 18.1 Å². The molecule has 0 aliphatic carbocycles. The lowest BCUT2D eigenvalue weighted by atomic mass is 10.0. The van der Waals surface area contributed by atoms with Crippen molar-refractivity contribution in [2.45, 2.75) is 37.9 Å². The van der Waals surface area contributed by atoms with E-state index in [4.69, 9.17) is 4.74 Å². The van der Waals surface area contributed by atoms with Crippen LogP contribution in [0.4, 0.5) is 0 Å². The molecule has 1 aromatic heterocycles. The van der Waals surface area contributed by atoms with Crippen molar-refractivity contribution >= 4 is 34.6 Å². The van der Waals surface area contributed by atoms with Crippen molar-refractivity contribution in [2.75, 3.05) is 7.11 Å². The molecule has 1 fully saturated rings. The molecule has 148 valence electrons. The lowest BCUT2D eigenvalue weighted by Crippen LogP contribution is -2.61. The summed E-state index contributed by atoms with van der Waals surface area (Å²) in [5, 5.41) is 8.55. The zero-order chi connectivity index (χ0) is 20.3. The molecule has 4 N–H and O–H groups in total. The van der Waals surface area contributed by atoms with Gasteiger partial charge in [-0.2, -0.15) is 0 Å². The Balaban J connectivity index is 1.69. The number of hydrogen-bond donors (Lipinski definition) is 4. The van der Waals surface area contributed by atoms with Crippen LogP contribution in [0.15, 0.2) is 30.5 Å². The second kappa shape index (κ2) is 8.12. The van der Waals surface area contributed by atoms with Gasteiger partial charge in [0.25, 0.3) is 0 Å². The minimum absolute atomic E-state index is 0.225. The molecule has 0 bridgehead atoms. The fourth-order valence-electron chi connectivity index (χ4n) is 3.18. The van der Waals surface area contributed by atoms with Crippen molar-refractivity contribution in [2.24, 2.45) is 0 Å². The van der Waals surface area contributed by atoms with Crippen LogP contribution in [0.5, 0.6) is 0 Å². The number of esters is 1. The molecule has 1 aliphatic rings. The zero-order valence-corrected chi connectivity index (χ0v) is 15.6. The number of amides is 3. The molecule has 0 spiro atoms. The maximum Gasteiger partial charge on any atom is 0.328 e. The van der Waals surface area contributed by atoms with Crippen LogP contribution < -0.4 is 16.0 Å². The number of benzene rings is 1. The summed E-state index contributed by atoms with van der Waals surface area (Å²) in [5.74, 6) is -1.93. The number of carbonyl (C=O) groups excluding carboxylic acids is 4. The maximum absolute atomic E-state index is 12.4. The first kappa shape index (κ1) is 19.4. The number of hydrogen-bond acceptors (Lipinski definition) is 5. The molecule has 9 nitrogen and oxygen atoms in total. The Hall–Kier alpha value is -3.36. The summed E-state index contributed by atoms with van der Waals surface area (Å²) in [7, 11) is 1.24. The minimum atomic E-state index is -0.977. The number of nitrogens with one attached hydrogen (secondary N) is 4. The van der Waals surface area contributed by atoms with E-state index in [1.165, 1.54) is 7.11 Å². The van der Waals surface area contributed by atoms with Gasteiger partial charge < -0.3 is 25.7 Å². The van der Waals surface area contributed by atoms with Crippen LogP contribution in [-0.2, 0) is 30.3 Å². The summed E-state index contributed by atoms with van der Waals surface area (Å²) in [6.07, 6.45) is 1.73. The van der Waals surface area contributed by atoms with Crippen LogP contribution >= 0.6 is 0 Å². The second-order valence-corrected chi connectivity index (χ2v) is 6.70. The Bertz CT molecular complexity index is 922. The molecular formula is C19H22N4O5. The number of piperazine rings is 1. The molecule has 2 heterocycles. The van der Waals surface area contributed by atoms with Crippen LogP contribution in [0.1, 0.15) is 18.9 Å². The van der Waals surface area contributed by atoms with E-state index in [9.17, 15) is 19.2 Å². The van der Waals surface area contributed by atoms with E-state index in [1.807, 2.05) is 24.3 Å². The molecule has 3 rings (SSSR count). The molecule has 3 atom stereocenters. The van der Waals surface area contributed by atoms with E-state index in [0.29, 0.717) is 0 Å². The third-order valence-corrected chi connectivity index (χ3v) is 4.69. The van der Waals surface area contributed by atoms with Gasteiger partial charge in [-0.1, -0.05) is 18.2 Å². The van der Waals surface area contributed by atoms with Crippen LogP contribution in [0.3, 0.4) is 0 Å². The van der Waals surface area contributed by atoms with Crippen molar-refractivity contribution in [3.05, 3.63) is 36.0 Å². The summed E-state index contributed by atoms with van der Waals surface area (Å²) in [5.41, 5.74) is 1.77. The Morgan fingerprint density at radius 1 is 1.18 bits per heavy atom. The molecule has 1 saturated heterocycles. The van der Waals surface area contributed by atoms with Crippen LogP contribution in [0, 0.1) is 0 Å². The predicted octanol–water partition coefficient (Wildman–Crippen LogP) is -0.239. The molecule has 28 heavy (non-hydrogen) atoms. The molecular weight excluding hydrogens is 364 g/mol. The van der Waals surface area contributed by atoms with Gasteiger partial charge in [0.05, 0.1) is 13.5 Å². The highest BCUT2D eigenvalue weighted by Gasteiger charge is 2.33. The molecule has 1 aliphatic heterocycles. The first-order valence-electron chi connectivity index (χ1n) is 8.92. The molecule has 0 radical (unpaired) electrons. The predicted molar refractivity (Wildman–Crippen MR) is 100 cm³/mol. The van der Waals surface area contributed by atoms with E-state index in [1.54, 1.807) is 13.1 Å². The zero-order valence-electron chi connectivity index (χ0n) is 15.6. The number of aromatic nitrogens is 1. The Kier molecular flexibility index (Phi) is 5.62. The van der Waals surface area contributed by atoms with Crippen LogP contribution in [0.25, 0.3) is 10.9 Å².